The number of hydrogen-bond donors (Lipinski definition) is 2. The summed E-state index contributed by atoms with van der Waals surface area (Å²) in [6, 6.07) is 13.6. The molecule has 1 aliphatic carbocycles. The average Bonchev–Trinajstić information content (AvgIpc) is 2.64. The van der Waals surface area contributed by atoms with E-state index in [1.807, 2.05) is 0 Å². The highest BCUT2D eigenvalue weighted by Gasteiger charge is 2.29. The maximum atomic E-state index is 12.6. The van der Waals surface area contributed by atoms with E-state index >= 15 is 0 Å². The number of benzene rings is 2. The lowest BCUT2D eigenvalue weighted by Gasteiger charge is -2.33. The predicted octanol–water partition coefficient (Wildman–Crippen LogP) is 4.46. The fourth-order valence-corrected chi connectivity index (χ4v) is 3.70. The Hall–Kier alpha value is -2.04. The van der Waals surface area contributed by atoms with Crippen molar-refractivity contribution in [3.8, 4) is 0 Å². The van der Waals surface area contributed by atoms with Crippen LogP contribution in [-0.2, 0) is 0 Å². The highest BCUT2D eigenvalue weighted by Crippen LogP contribution is 2.22. The Labute approximate surface area is 162 Å². The number of halogens is 2. The van der Waals surface area contributed by atoms with Crippen molar-refractivity contribution >= 4 is 35.0 Å². The monoisotopic (exact) mass is 390 g/mol. The highest BCUT2D eigenvalue weighted by molar-refractivity contribution is 6.34. The number of carbonyl (C=O) groups is 2. The van der Waals surface area contributed by atoms with Crippen molar-refractivity contribution in [2.45, 2.75) is 37.8 Å². The third kappa shape index (κ3) is 4.37. The second kappa shape index (κ2) is 8.56. The quantitative estimate of drug-likeness (QED) is 0.808. The van der Waals surface area contributed by atoms with Crippen LogP contribution in [0.4, 0.5) is 0 Å². The maximum Gasteiger partial charge on any atom is 0.253 e. The molecule has 1 aliphatic rings. The Morgan fingerprint density at radius 3 is 1.50 bits per heavy atom. The van der Waals surface area contributed by atoms with Crippen LogP contribution in [0.1, 0.15) is 46.4 Å². The summed E-state index contributed by atoms with van der Waals surface area (Å²) in [6.45, 7) is 0. The molecule has 3 rings (SSSR count). The zero-order valence-corrected chi connectivity index (χ0v) is 15.7. The number of amides is 2. The van der Waals surface area contributed by atoms with Crippen LogP contribution < -0.4 is 10.6 Å². The molecule has 0 heterocycles. The molecule has 0 spiro atoms. The van der Waals surface area contributed by atoms with Crippen LogP contribution in [0, 0.1) is 0 Å². The van der Waals surface area contributed by atoms with Crippen molar-refractivity contribution in [2.24, 2.45) is 0 Å². The van der Waals surface area contributed by atoms with Crippen molar-refractivity contribution in [3.63, 3.8) is 0 Å². The normalized spacial score (nSPS) is 19.6. The first-order valence-electron chi connectivity index (χ1n) is 8.67. The molecule has 0 unspecified atom stereocenters. The highest BCUT2D eigenvalue weighted by atomic mass is 35.5. The summed E-state index contributed by atoms with van der Waals surface area (Å²) < 4.78 is 0. The molecule has 2 atom stereocenters. The molecular formula is C20H20Cl2N2O2. The first-order valence-corrected chi connectivity index (χ1v) is 9.42. The fraction of sp³-hybridized carbons (Fsp3) is 0.300. The SMILES string of the molecule is O=C(N[C@H]1CCCC[C@@H]1NC(=O)c1ccccc1Cl)c1ccccc1Cl. The number of nitrogens with one attached hydrogen (secondary N) is 2. The molecule has 26 heavy (non-hydrogen) atoms. The Kier molecular flexibility index (Phi) is 6.17. The Balaban J connectivity index is 1.70. The minimum Gasteiger partial charge on any atom is -0.347 e. The van der Waals surface area contributed by atoms with Crippen LogP contribution in [0.15, 0.2) is 48.5 Å². The molecule has 2 aromatic carbocycles. The van der Waals surface area contributed by atoms with E-state index in [1.165, 1.54) is 0 Å². The lowest BCUT2D eigenvalue weighted by molar-refractivity contribution is 0.0863. The maximum absolute atomic E-state index is 12.6. The van der Waals surface area contributed by atoms with Gasteiger partial charge in [-0.2, -0.15) is 0 Å². The lowest BCUT2D eigenvalue weighted by atomic mass is 9.89. The fourth-order valence-electron chi connectivity index (χ4n) is 3.26. The van der Waals surface area contributed by atoms with E-state index in [2.05, 4.69) is 10.6 Å². The summed E-state index contributed by atoms with van der Waals surface area (Å²) in [5, 5.41) is 6.88. The lowest BCUT2D eigenvalue weighted by Crippen LogP contribution is -2.53. The first-order chi connectivity index (χ1) is 12.6. The topological polar surface area (TPSA) is 58.2 Å². The van der Waals surface area contributed by atoms with Crippen LogP contribution in [0.5, 0.6) is 0 Å². The van der Waals surface area contributed by atoms with Crippen LogP contribution in [0.25, 0.3) is 0 Å². The van der Waals surface area contributed by atoms with Gasteiger partial charge in [0.15, 0.2) is 0 Å². The summed E-state index contributed by atoms with van der Waals surface area (Å²) in [4.78, 5) is 25.1. The Bertz CT molecular complexity index is 742. The van der Waals surface area contributed by atoms with Crippen LogP contribution in [0.2, 0.25) is 10.0 Å². The van der Waals surface area contributed by atoms with Crippen molar-refractivity contribution in [1.29, 1.82) is 0 Å². The van der Waals surface area contributed by atoms with Gasteiger partial charge in [-0.15, -0.1) is 0 Å². The molecular weight excluding hydrogens is 371 g/mol. The van der Waals surface area contributed by atoms with Gasteiger partial charge in [0.1, 0.15) is 0 Å². The minimum atomic E-state index is -0.223. The third-order valence-electron chi connectivity index (χ3n) is 4.64. The van der Waals surface area contributed by atoms with Gasteiger partial charge in [-0.25, -0.2) is 0 Å². The molecule has 0 aromatic heterocycles. The molecule has 2 N–H and O–H groups in total. The molecule has 136 valence electrons. The van der Waals surface area contributed by atoms with Crippen molar-refractivity contribution in [1.82, 2.24) is 10.6 Å². The minimum absolute atomic E-state index is 0.140. The second-order valence-corrected chi connectivity index (χ2v) is 7.22. The van der Waals surface area contributed by atoms with Crippen LogP contribution in [0.3, 0.4) is 0 Å². The molecule has 1 saturated carbocycles. The Morgan fingerprint density at radius 2 is 1.12 bits per heavy atom. The zero-order valence-electron chi connectivity index (χ0n) is 14.2. The summed E-state index contributed by atoms with van der Waals surface area (Å²) in [6.07, 6.45) is 3.63. The average molecular weight is 391 g/mol. The van der Waals surface area contributed by atoms with Crippen molar-refractivity contribution < 1.29 is 9.59 Å². The van der Waals surface area contributed by atoms with Crippen molar-refractivity contribution in [3.05, 3.63) is 69.7 Å². The third-order valence-corrected chi connectivity index (χ3v) is 5.30. The van der Waals surface area contributed by atoms with Gasteiger partial charge >= 0.3 is 0 Å². The van der Waals surface area contributed by atoms with E-state index in [9.17, 15) is 9.59 Å². The van der Waals surface area contributed by atoms with E-state index in [4.69, 9.17) is 23.2 Å². The molecule has 0 bridgehead atoms. The van der Waals surface area contributed by atoms with E-state index < -0.39 is 0 Å². The molecule has 6 heteroatoms. The van der Waals surface area contributed by atoms with Crippen LogP contribution >= 0.6 is 23.2 Å². The number of rotatable bonds is 4. The van der Waals surface area contributed by atoms with E-state index in [0.717, 1.165) is 25.7 Å². The van der Waals surface area contributed by atoms with Crippen molar-refractivity contribution in [2.75, 3.05) is 0 Å². The van der Waals surface area contributed by atoms with Gasteiger partial charge in [0.25, 0.3) is 11.8 Å². The second-order valence-electron chi connectivity index (χ2n) is 6.40. The summed E-state index contributed by atoms with van der Waals surface area (Å²) >= 11 is 12.2. The van der Waals surface area contributed by atoms with E-state index in [1.54, 1.807) is 48.5 Å². The predicted molar refractivity (Wildman–Crippen MR) is 104 cm³/mol. The smallest absolute Gasteiger partial charge is 0.253 e. The standard InChI is InChI=1S/C20H20Cl2N2O2/c21-15-9-3-1-7-13(15)19(25)23-17-11-5-6-12-18(17)24-20(26)14-8-2-4-10-16(14)22/h1-4,7-10,17-18H,5-6,11-12H2,(H,23,25)(H,24,26)/t17-,18-/m0/s1. The van der Waals surface area contributed by atoms with Gasteiger partial charge in [-0.05, 0) is 37.1 Å². The van der Waals surface area contributed by atoms with Crippen LogP contribution in [-0.4, -0.2) is 23.9 Å². The van der Waals surface area contributed by atoms with Gasteiger partial charge in [0.2, 0.25) is 0 Å². The summed E-state index contributed by atoms with van der Waals surface area (Å²) in [5.74, 6) is -0.445. The van der Waals surface area contributed by atoms with E-state index in [0.29, 0.717) is 21.2 Å². The molecule has 0 aliphatic heterocycles. The van der Waals surface area contributed by atoms with Gasteiger partial charge in [-0.1, -0.05) is 60.3 Å². The van der Waals surface area contributed by atoms with Gasteiger partial charge in [0, 0.05) is 12.1 Å². The molecule has 4 nitrogen and oxygen atoms in total. The first kappa shape index (κ1) is 18.7. The summed E-state index contributed by atoms with van der Waals surface area (Å²) in [7, 11) is 0. The molecule has 2 aromatic rings. The van der Waals surface area contributed by atoms with Gasteiger partial charge < -0.3 is 10.6 Å². The number of carbonyl (C=O) groups excluding carboxylic acids is 2. The summed E-state index contributed by atoms with van der Waals surface area (Å²) in [5.41, 5.74) is 0.881. The molecule has 2 amide bonds. The largest absolute Gasteiger partial charge is 0.347 e. The van der Waals surface area contributed by atoms with Gasteiger partial charge in [-0.3, -0.25) is 9.59 Å². The molecule has 0 radical (unpaired) electrons. The van der Waals surface area contributed by atoms with E-state index in [-0.39, 0.29) is 23.9 Å². The Morgan fingerprint density at radius 1 is 0.731 bits per heavy atom. The molecule has 1 fully saturated rings. The zero-order chi connectivity index (χ0) is 18.5. The number of hydrogen-bond acceptors (Lipinski definition) is 2. The van der Waals surface area contributed by atoms with Gasteiger partial charge in [0.05, 0.1) is 21.2 Å². The molecule has 0 saturated heterocycles.